The maximum atomic E-state index is 12.8. The van der Waals surface area contributed by atoms with Crippen LogP contribution in [0.3, 0.4) is 0 Å². The number of carbonyl (C=O) groups excluding carboxylic acids is 1. The Balaban J connectivity index is 1.60. The van der Waals surface area contributed by atoms with Crippen LogP contribution in [0, 0.1) is 5.92 Å². The van der Waals surface area contributed by atoms with Gasteiger partial charge in [0.15, 0.2) is 5.82 Å². The van der Waals surface area contributed by atoms with E-state index in [1.165, 1.54) is 5.56 Å². The molecule has 28 heavy (non-hydrogen) atoms. The Hall–Kier alpha value is -2.41. The maximum Gasteiger partial charge on any atom is 0.317 e. The molecule has 1 aliphatic heterocycles. The molecule has 0 bridgehead atoms. The number of urea groups is 1. The van der Waals surface area contributed by atoms with E-state index in [1.54, 1.807) is 11.2 Å². The summed E-state index contributed by atoms with van der Waals surface area (Å²) in [6.45, 7) is 5.44. The lowest BCUT2D eigenvalue weighted by molar-refractivity contribution is 0.151. The number of hydrogen-bond donors (Lipinski definition) is 1. The third-order valence-electron chi connectivity index (χ3n) is 5.47. The third-order valence-corrected chi connectivity index (χ3v) is 5.47. The van der Waals surface area contributed by atoms with Crippen LogP contribution in [0.25, 0.3) is 0 Å². The molecule has 1 aliphatic rings. The Bertz CT molecular complexity index is 746. The molecular weight excluding hydrogens is 352 g/mol. The fourth-order valence-electron chi connectivity index (χ4n) is 3.91. The zero-order valence-corrected chi connectivity index (χ0v) is 17.2. The van der Waals surface area contributed by atoms with Crippen molar-refractivity contribution in [2.75, 3.05) is 27.2 Å². The fraction of sp³-hybridized carbons (Fsp3) is 0.571. The second-order valence-electron chi connectivity index (χ2n) is 7.85. The molecule has 0 saturated carbocycles. The second-order valence-corrected chi connectivity index (χ2v) is 7.85. The van der Waals surface area contributed by atoms with Gasteiger partial charge in [-0.3, -0.25) is 0 Å². The molecule has 1 aromatic heterocycles. The molecule has 2 heterocycles. The minimum absolute atomic E-state index is 0.0429. The Morgan fingerprint density at radius 2 is 2.11 bits per heavy atom. The van der Waals surface area contributed by atoms with E-state index in [0.29, 0.717) is 12.5 Å². The van der Waals surface area contributed by atoms with Crippen LogP contribution in [0.4, 0.5) is 4.79 Å². The van der Waals surface area contributed by atoms with Crippen molar-refractivity contribution >= 4 is 6.03 Å². The number of hydrogen-bond acceptors (Lipinski definition) is 4. The van der Waals surface area contributed by atoms with Gasteiger partial charge in [-0.25, -0.2) is 4.79 Å². The average Bonchev–Trinajstić information content (AvgIpc) is 3.12. The minimum Gasteiger partial charge on any atom is -0.335 e. The first-order valence-electron chi connectivity index (χ1n) is 10.2. The number of amides is 2. The van der Waals surface area contributed by atoms with Gasteiger partial charge in [0.2, 0.25) is 0 Å². The Morgan fingerprint density at radius 1 is 1.32 bits per heavy atom. The van der Waals surface area contributed by atoms with Gasteiger partial charge < -0.3 is 19.7 Å². The van der Waals surface area contributed by atoms with Crippen LogP contribution in [0.1, 0.15) is 31.2 Å². The van der Waals surface area contributed by atoms with E-state index >= 15 is 0 Å². The van der Waals surface area contributed by atoms with Crippen molar-refractivity contribution in [3.63, 3.8) is 0 Å². The topological polar surface area (TPSA) is 66.3 Å². The standard InChI is InChI=1S/C21H32N6O/c1-4-11-27-16-22-24-20(27)15-26(3)21(28)23-19-10-12-25(2)14-18(19)13-17-8-6-5-7-9-17/h5-9,16,18-19H,4,10-15H2,1-3H3,(H,23,28)/t18-,19+/m0/s1. The summed E-state index contributed by atoms with van der Waals surface area (Å²) in [4.78, 5) is 16.9. The summed E-state index contributed by atoms with van der Waals surface area (Å²) in [5, 5.41) is 11.4. The molecule has 2 atom stereocenters. The Labute approximate surface area is 167 Å². The molecule has 7 heteroatoms. The molecule has 0 aliphatic carbocycles. The summed E-state index contributed by atoms with van der Waals surface area (Å²) in [6, 6.07) is 10.7. The number of benzene rings is 1. The normalized spacial score (nSPS) is 20.1. The van der Waals surface area contributed by atoms with E-state index in [4.69, 9.17) is 0 Å². The van der Waals surface area contributed by atoms with Gasteiger partial charge in [0, 0.05) is 26.2 Å². The smallest absolute Gasteiger partial charge is 0.317 e. The summed E-state index contributed by atoms with van der Waals surface area (Å²) < 4.78 is 2.01. The average molecular weight is 385 g/mol. The van der Waals surface area contributed by atoms with Crippen molar-refractivity contribution in [2.45, 2.75) is 45.3 Å². The van der Waals surface area contributed by atoms with Crippen LogP contribution in [0.2, 0.25) is 0 Å². The number of nitrogens with one attached hydrogen (secondary N) is 1. The Morgan fingerprint density at radius 3 is 2.86 bits per heavy atom. The molecule has 2 amide bonds. The number of likely N-dealkylation sites (tertiary alicyclic amines) is 1. The van der Waals surface area contributed by atoms with Gasteiger partial charge in [-0.05, 0) is 44.3 Å². The molecule has 3 rings (SSSR count). The summed E-state index contributed by atoms with van der Waals surface area (Å²) in [5.41, 5.74) is 1.32. The summed E-state index contributed by atoms with van der Waals surface area (Å²) >= 11 is 0. The largest absolute Gasteiger partial charge is 0.335 e. The highest BCUT2D eigenvalue weighted by molar-refractivity contribution is 5.74. The van der Waals surface area contributed by atoms with Crippen molar-refractivity contribution in [2.24, 2.45) is 5.92 Å². The minimum atomic E-state index is -0.0429. The summed E-state index contributed by atoms with van der Waals surface area (Å²) in [5.74, 6) is 1.23. The molecule has 1 fully saturated rings. The molecule has 152 valence electrons. The molecule has 0 unspecified atom stereocenters. The van der Waals surface area contributed by atoms with E-state index in [1.807, 2.05) is 17.7 Å². The predicted octanol–water partition coefficient (Wildman–Crippen LogP) is 2.39. The van der Waals surface area contributed by atoms with Crippen LogP contribution in [-0.2, 0) is 19.5 Å². The van der Waals surface area contributed by atoms with E-state index in [9.17, 15) is 4.79 Å². The van der Waals surface area contributed by atoms with E-state index < -0.39 is 0 Å². The number of aromatic nitrogens is 3. The zero-order chi connectivity index (χ0) is 19.9. The van der Waals surface area contributed by atoms with Gasteiger partial charge in [-0.2, -0.15) is 0 Å². The van der Waals surface area contributed by atoms with Crippen molar-refractivity contribution in [3.05, 3.63) is 48.0 Å². The lowest BCUT2D eigenvalue weighted by Crippen LogP contribution is -2.53. The molecule has 2 aromatic rings. The third kappa shape index (κ3) is 5.32. The molecule has 1 N–H and O–H groups in total. The zero-order valence-electron chi connectivity index (χ0n) is 17.2. The molecule has 0 radical (unpaired) electrons. The van der Waals surface area contributed by atoms with Gasteiger partial charge in [0.1, 0.15) is 6.33 Å². The molecule has 1 saturated heterocycles. The van der Waals surface area contributed by atoms with Gasteiger partial charge in [0.25, 0.3) is 0 Å². The van der Waals surface area contributed by atoms with Gasteiger partial charge >= 0.3 is 6.03 Å². The maximum absolute atomic E-state index is 12.8. The number of carbonyl (C=O) groups is 1. The monoisotopic (exact) mass is 384 g/mol. The highest BCUT2D eigenvalue weighted by Gasteiger charge is 2.30. The van der Waals surface area contributed by atoms with Crippen molar-refractivity contribution in [1.82, 2.24) is 29.9 Å². The van der Waals surface area contributed by atoms with Crippen LogP contribution in [0.5, 0.6) is 0 Å². The second kappa shape index (κ2) is 9.68. The van der Waals surface area contributed by atoms with Gasteiger partial charge in [-0.15, -0.1) is 10.2 Å². The Kier molecular flexibility index (Phi) is 7.03. The van der Waals surface area contributed by atoms with Crippen LogP contribution in [0.15, 0.2) is 36.7 Å². The molecule has 0 spiro atoms. The number of nitrogens with zero attached hydrogens (tertiary/aromatic N) is 5. The lowest BCUT2D eigenvalue weighted by Gasteiger charge is -2.38. The first kappa shape index (κ1) is 20.3. The number of aryl methyl sites for hydroxylation is 1. The highest BCUT2D eigenvalue weighted by atomic mass is 16.2. The first-order chi connectivity index (χ1) is 13.6. The quantitative estimate of drug-likeness (QED) is 0.796. The fourth-order valence-corrected chi connectivity index (χ4v) is 3.91. The van der Waals surface area contributed by atoms with Gasteiger partial charge in [0.05, 0.1) is 6.54 Å². The summed E-state index contributed by atoms with van der Waals surface area (Å²) in [6.07, 6.45) is 4.69. The number of piperidine rings is 1. The first-order valence-corrected chi connectivity index (χ1v) is 10.2. The van der Waals surface area contributed by atoms with Crippen molar-refractivity contribution in [3.8, 4) is 0 Å². The van der Waals surface area contributed by atoms with E-state index in [0.717, 1.165) is 44.7 Å². The highest BCUT2D eigenvalue weighted by Crippen LogP contribution is 2.21. The van der Waals surface area contributed by atoms with E-state index in [-0.39, 0.29) is 12.1 Å². The molecule has 7 nitrogen and oxygen atoms in total. The van der Waals surface area contributed by atoms with Crippen LogP contribution in [-0.4, -0.2) is 63.8 Å². The van der Waals surface area contributed by atoms with Crippen LogP contribution < -0.4 is 5.32 Å². The van der Waals surface area contributed by atoms with Crippen molar-refractivity contribution < 1.29 is 4.79 Å². The lowest BCUT2D eigenvalue weighted by atomic mass is 9.87. The molecule has 1 aromatic carbocycles. The van der Waals surface area contributed by atoms with Crippen molar-refractivity contribution in [1.29, 1.82) is 0 Å². The van der Waals surface area contributed by atoms with Crippen LogP contribution >= 0.6 is 0 Å². The van der Waals surface area contributed by atoms with E-state index in [2.05, 4.69) is 58.7 Å². The predicted molar refractivity (Wildman–Crippen MR) is 110 cm³/mol. The number of rotatable bonds is 7. The summed E-state index contributed by atoms with van der Waals surface area (Å²) in [7, 11) is 3.98. The molecular formula is C21H32N6O. The van der Waals surface area contributed by atoms with Gasteiger partial charge in [-0.1, -0.05) is 37.3 Å². The SMILES string of the molecule is CCCn1cnnc1CN(C)C(=O)N[C@@H]1CCN(C)C[C@@H]1Cc1ccccc1.